The topological polar surface area (TPSA) is 27.7 Å². The zero-order chi connectivity index (χ0) is 14.4. The van der Waals surface area contributed by atoms with E-state index in [1.165, 1.54) is 0 Å². The van der Waals surface area contributed by atoms with Crippen molar-refractivity contribution in [2.75, 3.05) is 14.2 Å². The van der Waals surface area contributed by atoms with Crippen LogP contribution >= 0.6 is 15.9 Å². The highest BCUT2D eigenvalue weighted by atomic mass is 79.9. The minimum Gasteiger partial charge on any atom is -0.497 e. The van der Waals surface area contributed by atoms with Crippen LogP contribution in [0.5, 0.6) is 11.5 Å². The Morgan fingerprint density at radius 3 is 2.30 bits per heavy atom. The molecule has 0 heterocycles. The SMILES string of the molecule is COc1ccc(COCc2cc(Br)ccc2OC)cc1. The van der Waals surface area contributed by atoms with Gasteiger partial charge in [0.05, 0.1) is 27.4 Å². The van der Waals surface area contributed by atoms with E-state index in [-0.39, 0.29) is 0 Å². The molecule has 0 aliphatic carbocycles. The number of benzene rings is 2. The molecule has 0 spiro atoms. The standard InChI is InChI=1S/C16H17BrO3/c1-18-15-6-3-12(4-7-15)10-20-11-13-9-14(17)5-8-16(13)19-2/h3-9H,10-11H2,1-2H3. The summed E-state index contributed by atoms with van der Waals surface area (Å²) in [5, 5.41) is 0. The van der Waals surface area contributed by atoms with E-state index in [4.69, 9.17) is 14.2 Å². The van der Waals surface area contributed by atoms with Gasteiger partial charge in [-0.3, -0.25) is 0 Å². The van der Waals surface area contributed by atoms with Crippen molar-refractivity contribution >= 4 is 15.9 Å². The number of hydrogen-bond donors (Lipinski definition) is 0. The van der Waals surface area contributed by atoms with Crippen LogP contribution in [-0.4, -0.2) is 14.2 Å². The van der Waals surface area contributed by atoms with Crippen LogP contribution in [0.15, 0.2) is 46.9 Å². The van der Waals surface area contributed by atoms with Gasteiger partial charge in [-0.15, -0.1) is 0 Å². The zero-order valence-corrected chi connectivity index (χ0v) is 13.1. The molecular formula is C16H17BrO3. The minimum absolute atomic E-state index is 0.509. The molecule has 0 saturated heterocycles. The normalized spacial score (nSPS) is 10.3. The van der Waals surface area contributed by atoms with Crippen LogP contribution in [0, 0.1) is 0 Å². The van der Waals surface area contributed by atoms with Crippen molar-refractivity contribution in [1.29, 1.82) is 0 Å². The van der Waals surface area contributed by atoms with Gasteiger partial charge in [0.15, 0.2) is 0 Å². The Labute approximate surface area is 127 Å². The van der Waals surface area contributed by atoms with Gasteiger partial charge in [-0.2, -0.15) is 0 Å². The number of hydrogen-bond acceptors (Lipinski definition) is 3. The van der Waals surface area contributed by atoms with Crippen LogP contribution in [-0.2, 0) is 18.0 Å². The Morgan fingerprint density at radius 2 is 1.65 bits per heavy atom. The fourth-order valence-electron chi connectivity index (χ4n) is 1.86. The third-order valence-corrected chi connectivity index (χ3v) is 3.42. The van der Waals surface area contributed by atoms with Gasteiger partial charge in [0.25, 0.3) is 0 Å². The Kier molecular flexibility index (Phi) is 5.44. The van der Waals surface area contributed by atoms with Crippen LogP contribution < -0.4 is 9.47 Å². The highest BCUT2D eigenvalue weighted by molar-refractivity contribution is 9.10. The average Bonchev–Trinajstić information content (AvgIpc) is 2.48. The first-order chi connectivity index (χ1) is 9.72. The summed E-state index contributed by atoms with van der Waals surface area (Å²) >= 11 is 3.45. The van der Waals surface area contributed by atoms with Crippen LogP contribution in [0.2, 0.25) is 0 Å². The molecule has 0 N–H and O–H groups in total. The molecule has 0 saturated carbocycles. The monoisotopic (exact) mass is 336 g/mol. The van der Waals surface area contributed by atoms with E-state index in [0.717, 1.165) is 27.1 Å². The highest BCUT2D eigenvalue weighted by Gasteiger charge is 2.04. The lowest BCUT2D eigenvalue weighted by Crippen LogP contribution is -1.97. The molecule has 0 fully saturated rings. The summed E-state index contributed by atoms with van der Waals surface area (Å²) in [7, 11) is 3.32. The average molecular weight is 337 g/mol. The van der Waals surface area contributed by atoms with E-state index in [1.54, 1.807) is 14.2 Å². The summed E-state index contributed by atoms with van der Waals surface area (Å²) < 4.78 is 17.2. The summed E-state index contributed by atoms with van der Waals surface area (Å²) in [6.45, 7) is 1.06. The van der Waals surface area contributed by atoms with Gasteiger partial charge in [0.1, 0.15) is 11.5 Å². The fourth-order valence-corrected chi connectivity index (χ4v) is 2.27. The molecule has 0 aromatic heterocycles. The van der Waals surface area contributed by atoms with E-state index < -0.39 is 0 Å². The fraction of sp³-hybridized carbons (Fsp3) is 0.250. The summed E-state index contributed by atoms with van der Waals surface area (Å²) in [6, 6.07) is 13.7. The maximum atomic E-state index is 5.74. The van der Waals surface area contributed by atoms with E-state index in [9.17, 15) is 0 Å². The largest absolute Gasteiger partial charge is 0.497 e. The Balaban J connectivity index is 1.93. The summed E-state index contributed by atoms with van der Waals surface area (Å²) in [6.07, 6.45) is 0. The van der Waals surface area contributed by atoms with E-state index in [0.29, 0.717) is 13.2 Å². The zero-order valence-electron chi connectivity index (χ0n) is 11.6. The molecule has 2 rings (SSSR count). The van der Waals surface area contributed by atoms with Gasteiger partial charge in [-0.25, -0.2) is 0 Å². The van der Waals surface area contributed by atoms with Crippen molar-refractivity contribution in [2.24, 2.45) is 0 Å². The maximum Gasteiger partial charge on any atom is 0.124 e. The van der Waals surface area contributed by atoms with Gasteiger partial charge >= 0.3 is 0 Å². The lowest BCUT2D eigenvalue weighted by molar-refractivity contribution is 0.105. The highest BCUT2D eigenvalue weighted by Crippen LogP contribution is 2.24. The lowest BCUT2D eigenvalue weighted by atomic mass is 10.2. The van der Waals surface area contributed by atoms with Crippen molar-refractivity contribution in [3.8, 4) is 11.5 Å². The molecule has 2 aromatic rings. The van der Waals surface area contributed by atoms with Crippen molar-refractivity contribution in [1.82, 2.24) is 0 Å². The molecule has 106 valence electrons. The summed E-state index contributed by atoms with van der Waals surface area (Å²) in [5.41, 5.74) is 2.13. The molecule has 0 bridgehead atoms. The molecule has 0 aliphatic heterocycles. The minimum atomic E-state index is 0.509. The number of methoxy groups -OCH3 is 2. The number of rotatable bonds is 6. The van der Waals surface area contributed by atoms with Gasteiger partial charge < -0.3 is 14.2 Å². The molecule has 2 aromatic carbocycles. The molecule has 0 radical (unpaired) electrons. The molecule has 4 heteroatoms. The Morgan fingerprint density at radius 1 is 0.900 bits per heavy atom. The van der Waals surface area contributed by atoms with Crippen molar-refractivity contribution < 1.29 is 14.2 Å². The van der Waals surface area contributed by atoms with Crippen molar-refractivity contribution in [3.05, 3.63) is 58.1 Å². The van der Waals surface area contributed by atoms with Gasteiger partial charge in [0.2, 0.25) is 0 Å². The summed E-state index contributed by atoms with van der Waals surface area (Å²) in [4.78, 5) is 0. The second kappa shape index (κ2) is 7.31. The predicted octanol–water partition coefficient (Wildman–Crippen LogP) is 4.18. The molecule has 20 heavy (non-hydrogen) atoms. The smallest absolute Gasteiger partial charge is 0.124 e. The quantitative estimate of drug-likeness (QED) is 0.791. The van der Waals surface area contributed by atoms with Crippen LogP contribution in [0.3, 0.4) is 0 Å². The Bertz CT molecular complexity index is 552. The predicted molar refractivity (Wildman–Crippen MR) is 82.2 cm³/mol. The molecule has 0 aliphatic rings. The van der Waals surface area contributed by atoms with Crippen molar-refractivity contribution in [3.63, 3.8) is 0 Å². The first-order valence-corrected chi connectivity index (χ1v) is 7.05. The van der Waals surface area contributed by atoms with Gasteiger partial charge in [-0.05, 0) is 35.9 Å². The van der Waals surface area contributed by atoms with E-state index in [2.05, 4.69) is 15.9 Å². The van der Waals surface area contributed by atoms with Crippen LogP contribution in [0.1, 0.15) is 11.1 Å². The number of halogens is 1. The maximum absolute atomic E-state index is 5.74. The van der Waals surface area contributed by atoms with Crippen molar-refractivity contribution in [2.45, 2.75) is 13.2 Å². The third-order valence-electron chi connectivity index (χ3n) is 2.93. The summed E-state index contributed by atoms with van der Waals surface area (Å²) in [5.74, 6) is 1.69. The second-order valence-corrected chi connectivity index (χ2v) is 5.21. The number of ether oxygens (including phenoxy) is 3. The van der Waals surface area contributed by atoms with Gasteiger partial charge in [-0.1, -0.05) is 28.1 Å². The first-order valence-electron chi connectivity index (χ1n) is 6.26. The van der Waals surface area contributed by atoms with Gasteiger partial charge in [0, 0.05) is 10.0 Å². The third kappa shape index (κ3) is 3.99. The molecule has 0 amide bonds. The van der Waals surface area contributed by atoms with Crippen LogP contribution in [0.4, 0.5) is 0 Å². The molecule has 0 atom stereocenters. The lowest BCUT2D eigenvalue weighted by Gasteiger charge is -2.10. The second-order valence-electron chi connectivity index (χ2n) is 4.30. The molecule has 3 nitrogen and oxygen atoms in total. The molecular weight excluding hydrogens is 320 g/mol. The van der Waals surface area contributed by atoms with Crippen LogP contribution in [0.25, 0.3) is 0 Å². The Hall–Kier alpha value is -1.52. The van der Waals surface area contributed by atoms with E-state index >= 15 is 0 Å². The van der Waals surface area contributed by atoms with E-state index in [1.807, 2.05) is 42.5 Å². The first kappa shape index (κ1) is 14.9. The molecule has 0 unspecified atom stereocenters.